The van der Waals surface area contributed by atoms with E-state index >= 15 is 0 Å². The summed E-state index contributed by atoms with van der Waals surface area (Å²) in [4.78, 5) is 23.9. The van der Waals surface area contributed by atoms with Crippen molar-refractivity contribution in [2.45, 2.75) is 31.8 Å². The van der Waals surface area contributed by atoms with Gasteiger partial charge in [0, 0.05) is 13.5 Å². The third-order valence-corrected chi connectivity index (χ3v) is 3.34. The van der Waals surface area contributed by atoms with Gasteiger partial charge in [-0.2, -0.15) is 0 Å². The first-order valence-electron chi connectivity index (χ1n) is 6.01. The molecule has 96 valence electrons. The molecule has 6 heteroatoms. The number of rotatable bonds is 1. The Labute approximate surface area is 101 Å². The molecule has 0 radical (unpaired) electrons. The van der Waals surface area contributed by atoms with Crippen molar-refractivity contribution in [1.82, 2.24) is 15.3 Å². The van der Waals surface area contributed by atoms with E-state index in [2.05, 4.69) is 5.32 Å². The topological polar surface area (TPSA) is 61.9 Å². The number of carbonyl (C=O) groups excluding carboxylic acids is 2. The monoisotopic (exact) mass is 241 g/mol. The van der Waals surface area contributed by atoms with E-state index in [0.29, 0.717) is 19.8 Å². The van der Waals surface area contributed by atoms with Gasteiger partial charge in [-0.05, 0) is 19.9 Å². The van der Waals surface area contributed by atoms with Crippen LogP contribution >= 0.6 is 0 Å². The van der Waals surface area contributed by atoms with Crippen molar-refractivity contribution < 1.29 is 14.3 Å². The van der Waals surface area contributed by atoms with Crippen LogP contribution in [0.5, 0.6) is 0 Å². The standard InChI is InChI=1S/C11H19N3O3/c1-8(15)13-5-3-4-9-6-17-7-10(12-2)11(16)14(9)13/h9-10,12H,3-7H2,1-2H3/t9?,10-/m0/s1. The number of ether oxygens (including phenoxy) is 1. The van der Waals surface area contributed by atoms with Crippen molar-refractivity contribution in [2.24, 2.45) is 0 Å². The SMILES string of the molecule is CN[C@H]1COCC2CCCN(C(C)=O)N2C1=O. The molecular weight excluding hydrogens is 222 g/mol. The molecule has 2 heterocycles. The van der Waals surface area contributed by atoms with Gasteiger partial charge in [0.15, 0.2) is 0 Å². The second-order valence-corrected chi connectivity index (χ2v) is 4.50. The minimum Gasteiger partial charge on any atom is -0.377 e. The summed E-state index contributed by atoms with van der Waals surface area (Å²) < 4.78 is 5.50. The van der Waals surface area contributed by atoms with E-state index < -0.39 is 0 Å². The maximum absolute atomic E-state index is 12.3. The molecule has 0 spiro atoms. The van der Waals surface area contributed by atoms with Crippen LogP contribution in [0.3, 0.4) is 0 Å². The zero-order valence-electron chi connectivity index (χ0n) is 10.3. The number of amides is 2. The lowest BCUT2D eigenvalue weighted by molar-refractivity contribution is -0.174. The molecule has 0 aromatic carbocycles. The fourth-order valence-electron chi connectivity index (χ4n) is 2.43. The van der Waals surface area contributed by atoms with Crippen LogP contribution in [-0.2, 0) is 14.3 Å². The lowest BCUT2D eigenvalue weighted by Gasteiger charge is -2.43. The van der Waals surface area contributed by atoms with Gasteiger partial charge in [-0.25, -0.2) is 5.01 Å². The second-order valence-electron chi connectivity index (χ2n) is 4.50. The van der Waals surface area contributed by atoms with Crippen LogP contribution in [0.1, 0.15) is 19.8 Å². The van der Waals surface area contributed by atoms with E-state index in [-0.39, 0.29) is 23.9 Å². The van der Waals surface area contributed by atoms with Crippen LogP contribution in [-0.4, -0.2) is 60.7 Å². The number of carbonyl (C=O) groups is 2. The quantitative estimate of drug-likeness (QED) is 0.663. The van der Waals surface area contributed by atoms with E-state index in [4.69, 9.17) is 4.74 Å². The molecule has 2 aliphatic rings. The average Bonchev–Trinajstić information content (AvgIpc) is 2.48. The molecule has 0 aromatic heterocycles. The highest BCUT2D eigenvalue weighted by molar-refractivity contribution is 5.85. The number of nitrogens with one attached hydrogen (secondary N) is 1. The Hall–Kier alpha value is -1.14. The van der Waals surface area contributed by atoms with E-state index in [1.165, 1.54) is 6.92 Å². The Kier molecular flexibility index (Phi) is 3.63. The molecule has 2 amide bonds. The highest BCUT2D eigenvalue weighted by atomic mass is 16.5. The normalized spacial score (nSPS) is 29.9. The summed E-state index contributed by atoms with van der Waals surface area (Å²) in [5.74, 6) is -0.148. The molecule has 2 saturated heterocycles. The van der Waals surface area contributed by atoms with E-state index in [0.717, 1.165) is 12.8 Å². The summed E-state index contributed by atoms with van der Waals surface area (Å²) in [6, 6.07) is -0.363. The van der Waals surface area contributed by atoms with Crippen LogP contribution in [0, 0.1) is 0 Å². The Morgan fingerprint density at radius 3 is 2.88 bits per heavy atom. The third kappa shape index (κ3) is 2.28. The van der Waals surface area contributed by atoms with Gasteiger partial charge in [0.05, 0.1) is 19.3 Å². The van der Waals surface area contributed by atoms with Crippen LogP contribution in [0.2, 0.25) is 0 Å². The molecule has 0 aromatic rings. The van der Waals surface area contributed by atoms with Gasteiger partial charge in [-0.15, -0.1) is 0 Å². The number of hydrazine groups is 1. The van der Waals surface area contributed by atoms with Gasteiger partial charge in [0.1, 0.15) is 6.04 Å². The summed E-state index contributed by atoms with van der Waals surface area (Å²) in [7, 11) is 1.73. The van der Waals surface area contributed by atoms with Crippen LogP contribution < -0.4 is 5.32 Å². The first-order valence-corrected chi connectivity index (χ1v) is 6.01. The Morgan fingerprint density at radius 2 is 2.24 bits per heavy atom. The Bertz CT molecular complexity index is 321. The molecule has 1 unspecified atom stereocenters. The second kappa shape index (κ2) is 5.01. The molecule has 6 nitrogen and oxygen atoms in total. The third-order valence-electron chi connectivity index (χ3n) is 3.34. The van der Waals surface area contributed by atoms with Gasteiger partial charge < -0.3 is 10.1 Å². The van der Waals surface area contributed by atoms with E-state index in [9.17, 15) is 9.59 Å². The van der Waals surface area contributed by atoms with Gasteiger partial charge in [-0.1, -0.05) is 0 Å². The maximum atomic E-state index is 12.3. The molecular formula is C11H19N3O3. The lowest BCUT2D eigenvalue weighted by Crippen LogP contribution is -2.61. The van der Waals surface area contributed by atoms with Crippen molar-refractivity contribution in [1.29, 1.82) is 0 Å². The number of hydrogen-bond acceptors (Lipinski definition) is 4. The predicted octanol–water partition coefficient (Wildman–Crippen LogP) is -0.641. The Balaban J connectivity index is 2.24. The van der Waals surface area contributed by atoms with Gasteiger partial charge in [0.25, 0.3) is 5.91 Å². The minimum absolute atomic E-state index is 0.00139. The number of fused-ring (bicyclic) bond motifs is 1. The fraction of sp³-hybridized carbons (Fsp3) is 0.818. The molecule has 2 aliphatic heterocycles. The number of nitrogens with zero attached hydrogens (tertiary/aromatic N) is 2. The summed E-state index contributed by atoms with van der Waals surface area (Å²) in [6.07, 6.45) is 1.81. The summed E-state index contributed by atoms with van der Waals surface area (Å²) in [5.41, 5.74) is 0. The fourth-order valence-corrected chi connectivity index (χ4v) is 2.43. The highest BCUT2D eigenvalue weighted by Gasteiger charge is 2.39. The van der Waals surface area contributed by atoms with Crippen LogP contribution in [0.15, 0.2) is 0 Å². The van der Waals surface area contributed by atoms with Crippen molar-refractivity contribution in [3.8, 4) is 0 Å². The molecule has 17 heavy (non-hydrogen) atoms. The van der Waals surface area contributed by atoms with Gasteiger partial charge >= 0.3 is 0 Å². The maximum Gasteiger partial charge on any atom is 0.261 e. The van der Waals surface area contributed by atoms with Crippen molar-refractivity contribution in [2.75, 3.05) is 26.8 Å². The first-order chi connectivity index (χ1) is 8.15. The largest absolute Gasteiger partial charge is 0.377 e. The van der Waals surface area contributed by atoms with Crippen molar-refractivity contribution >= 4 is 11.8 Å². The zero-order valence-corrected chi connectivity index (χ0v) is 10.3. The summed E-state index contributed by atoms with van der Waals surface area (Å²) in [5, 5.41) is 6.08. The molecule has 0 bridgehead atoms. The molecule has 2 rings (SSSR count). The van der Waals surface area contributed by atoms with Crippen molar-refractivity contribution in [3.05, 3.63) is 0 Å². The smallest absolute Gasteiger partial charge is 0.261 e. The highest BCUT2D eigenvalue weighted by Crippen LogP contribution is 2.22. The van der Waals surface area contributed by atoms with Gasteiger partial charge in [-0.3, -0.25) is 14.6 Å². The van der Waals surface area contributed by atoms with Crippen LogP contribution in [0.4, 0.5) is 0 Å². The first kappa shape index (κ1) is 12.3. The summed E-state index contributed by atoms with van der Waals surface area (Å²) in [6.45, 7) is 2.99. The molecule has 2 atom stereocenters. The lowest BCUT2D eigenvalue weighted by atomic mass is 10.1. The number of hydrogen-bond donors (Lipinski definition) is 1. The van der Waals surface area contributed by atoms with Gasteiger partial charge in [0.2, 0.25) is 5.91 Å². The zero-order chi connectivity index (χ0) is 12.4. The molecule has 0 saturated carbocycles. The van der Waals surface area contributed by atoms with E-state index in [1.807, 2.05) is 0 Å². The van der Waals surface area contributed by atoms with Crippen LogP contribution in [0.25, 0.3) is 0 Å². The molecule has 2 fully saturated rings. The Morgan fingerprint density at radius 1 is 1.47 bits per heavy atom. The molecule has 0 aliphatic carbocycles. The predicted molar refractivity (Wildman–Crippen MR) is 60.9 cm³/mol. The van der Waals surface area contributed by atoms with Crippen molar-refractivity contribution in [3.63, 3.8) is 0 Å². The average molecular weight is 241 g/mol. The van der Waals surface area contributed by atoms with E-state index in [1.54, 1.807) is 17.1 Å². The summed E-state index contributed by atoms with van der Waals surface area (Å²) >= 11 is 0. The number of likely N-dealkylation sites (N-methyl/N-ethyl adjacent to an activating group) is 1. The minimum atomic E-state index is -0.361. The molecule has 1 N–H and O–H groups in total.